The maximum atomic E-state index is 4.51. The number of rotatable bonds is 1. The van der Waals surface area contributed by atoms with Crippen LogP contribution in [-0.2, 0) is 0 Å². The molecule has 26 heavy (non-hydrogen) atoms. The van der Waals surface area contributed by atoms with Gasteiger partial charge in [-0.1, -0.05) is 48.5 Å². The molecule has 0 aliphatic carbocycles. The summed E-state index contributed by atoms with van der Waals surface area (Å²) in [5.74, 6) is 0. The summed E-state index contributed by atoms with van der Waals surface area (Å²) in [5.41, 5.74) is 10.7. The largest absolute Gasteiger partial charge is 0.355 e. The van der Waals surface area contributed by atoms with Crippen LogP contribution in [0, 0.1) is 6.92 Å². The van der Waals surface area contributed by atoms with E-state index in [0.29, 0.717) is 0 Å². The van der Waals surface area contributed by atoms with E-state index in [1.54, 1.807) is 0 Å². The molecule has 124 valence electrons. The summed E-state index contributed by atoms with van der Waals surface area (Å²) in [6, 6.07) is 27.6. The average Bonchev–Trinajstić information content (AvgIpc) is 2.70. The molecular formula is C24H18N2. The Hall–Kier alpha value is -3.39. The second-order valence-electron chi connectivity index (χ2n) is 6.62. The van der Waals surface area contributed by atoms with Crippen molar-refractivity contribution in [2.75, 3.05) is 5.32 Å². The minimum absolute atomic E-state index is 0.992. The Morgan fingerprint density at radius 3 is 2.23 bits per heavy atom. The molecule has 2 bridgehead atoms. The lowest BCUT2D eigenvalue weighted by molar-refractivity contribution is 1.32. The van der Waals surface area contributed by atoms with E-state index >= 15 is 0 Å². The van der Waals surface area contributed by atoms with Crippen molar-refractivity contribution in [3.63, 3.8) is 0 Å². The van der Waals surface area contributed by atoms with Gasteiger partial charge in [0.2, 0.25) is 0 Å². The molecule has 0 atom stereocenters. The van der Waals surface area contributed by atoms with Crippen LogP contribution in [0.3, 0.4) is 0 Å². The lowest BCUT2D eigenvalue weighted by Gasteiger charge is -2.23. The molecule has 0 amide bonds. The van der Waals surface area contributed by atoms with E-state index in [9.17, 15) is 0 Å². The van der Waals surface area contributed by atoms with E-state index in [1.165, 1.54) is 27.8 Å². The summed E-state index contributed by atoms with van der Waals surface area (Å²) in [4.78, 5) is 4.51. The van der Waals surface area contributed by atoms with Crippen LogP contribution in [0.25, 0.3) is 33.5 Å². The molecule has 0 spiro atoms. The fourth-order valence-electron chi connectivity index (χ4n) is 3.76. The molecule has 5 rings (SSSR count). The third-order valence-electron chi connectivity index (χ3n) is 5.09. The number of nitrogens with zero attached hydrogens (tertiary/aromatic N) is 1. The Kier molecular flexibility index (Phi) is 3.36. The van der Waals surface area contributed by atoms with Gasteiger partial charge in [0, 0.05) is 34.3 Å². The Morgan fingerprint density at radius 1 is 0.654 bits per heavy atom. The highest BCUT2D eigenvalue weighted by Crippen LogP contribution is 2.43. The van der Waals surface area contributed by atoms with Crippen LogP contribution in [0.2, 0.25) is 0 Å². The average molecular weight is 334 g/mol. The minimum Gasteiger partial charge on any atom is -0.355 e. The smallest absolute Gasteiger partial charge is 0.0702 e. The van der Waals surface area contributed by atoms with Crippen LogP contribution in [0.15, 0.2) is 85.1 Å². The molecule has 2 nitrogen and oxygen atoms in total. The number of aromatic nitrogens is 1. The van der Waals surface area contributed by atoms with Crippen molar-refractivity contribution in [1.29, 1.82) is 0 Å². The topological polar surface area (TPSA) is 24.9 Å². The highest BCUT2D eigenvalue weighted by Gasteiger charge is 2.18. The molecule has 2 heteroatoms. The first-order valence-electron chi connectivity index (χ1n) is 8.83. The normalized spacial score (nSPS) is 11.6. The molecule has 4 aromatic rings. The van der Waals surface area contributed by atoms with Crippen molar-refractivity contribution in [2.24, 2.45) is 0 Å². The number of fused-ring (bicyclic) bond motifs is 6. The lowest BCUT2D eigenvalue weighted by atomic mass is 9.88. The first kappa shape index (κ1) is 14.9. The van der Waals surface area contributed by atoms with Crippen molar-refractivity contribution in [3.05, 3.63) is 90.6 Å². The summed E-state index contributed by atoms with van der Waals surface area (Å²) in [5, 5.41) is 3.64. The Bertz CT molecular complexity index is 1110. The second-order valence-corrected chi connectivity index (χ2v) is 6.62. The molecule has 0 radical (unpaired) electrons. The van der Waals surface area contributed by atoms with Gasteiger partial charge in [-0.2, -0.15) is 0 Å². The lowest BCUT2D eigenvalue weighted by Crippen LogP contribution is -2.01. The summed E-state index contributed by atoms with van der Waals surface area (Å²) in [6.45, 7) is 2.21. The van der Waals surface area contributed by atoms with Crippen LogP contribution in [0.4, 0.5) is 11.4 Å². The highest BCUT2D eigenvalue weighted by atomic mass is 14.9. The van der Waals surface area contributed by atoms with Gasteiger partial charge in [-0.05, 0) is 53.9 Å². The summed E-state index contributed by atoms with van der Waals surface area (Å²) in [7, 11) is 0. The standard InChI is InChI=1S/C24H18N2/c1-16-18-8-6-9-19(16)21-15-17(22-10-4-5-14-25-22)12-13-24(21)26-23-11-3-2-7-20(18)23/h2-15,26H,1H3. The van der Waals surface area contributed by atoms with Gasteiger partial charge < -0.3 is 5.32 Å². The second kappa shape index (κ2) is 5.85. The van der Waals surface area contributed by atoms with E-state index < -0.39 is 0 Å². The Morgan fingerprint density at radius 2 is 1.38 bits per heavy atom. The fraction of sp³-hybridized carbons (Fsp3) is 0.0417. The van der Waals surface area contributed by atoms with Crippen LogP contribution in [0.5, 0.6) is 0 Å². The van der Waals surface area contributed by atoms with Gasteiger partial charge in [-0.15, -0.1) is 0 Å². The first-order valence-corrected chi connectivity index (χ1v) is 8.83. The van der Waals surface area contributed by atoms with E-state index in [0.717, 1.165) is 22.6 Å². The minimum atomic E-state index is 0.992. The molecule has 0 saturated heterocycles. The molecule has 2 heterocycles. The van der Waals surface area contributed by atoms with Crippen molar-refractivity contribution in [2.45, 2.75) is 6.92 Å². The molecule has 0 fully saturated rings. The van der Waals surface area contributed by atoms with Crippen LogP contribution in [0.1, 0.15) is 5.56 Å². The number of pyridine rings is 1. The van der Waals surface area contributed by atoms with Gasteiger partial charge in [0.15, 0.2) is 0 Å². The van der Waals surface area contributed by atoms with Gasteiger partial charge in [0.25, 0.3) is 0 Å². The Labute approximate surface area is 153 Å². The van der Waals surface area contributed by atoms with Crippen molar-refractivity contribution in [3.8, 4) is 33.5 Å². The van der Waals surface area contributed by atoms with E-state index in [1.807, 2.05) is 18.3 Å². The number of hydrogen-bond donors (Lipinski definition) is 1. The number of para-hydroxylation sites is 1. The van der Waals surface area contributed by atoms with Gasteiger partial charge in [-0.3, -0.25) is 4.98 Å². The van der Waals surface area contributed by atoms with Crippen LogP contribution < -0.4 is 5.32 Å². The Balaban J connectivity index is 1.79. The number of nitrogens with one attached hydrogen (secondary N) is 1. The molecule has 1 aliphatic heterocycles. The predicted octanol–water partition coefficient (Wildman–Crippen LogP) is 6.45. The maximum Gasteiger partial charge on any atom is 0.0702 e. The molecule has 3 aromatic carbocycles. The van der Waals surface area contributed by atoms with Crippen molar-refractivity contribution in [1.82, 2.24) is 4.98 Å². The third-order valence-corrected chi connectivity index (χ3v) is 5.09. The molecule has 0 saturated carbocycles. The monoisotopic (exact) mass is 334 g/mol. The van der Waals surface area contributed by atoms with E-state index in [4.69, 9.17) is 0 Å². The fourth-order valence-corrected chi connectivity index (χ4v) is 3.76. The van der Waals surface area contributed by atoms with Crippen molar-refractivity contribution < 1.29 is 0 Å². The number of benzene rings is 3. The molecule has 1 aliphatic rings. The summed E-state index contributed by atoms with van der Waals surface area (Å²) >= 11 is 0. The van der Waals surface area contributed by atoms with E-state index in [2.05, 4.69) is 84.0 Å². The van der Waals surface area contributed by atoms with Crippen molar-refractivity contribution >= 4 is 11.4 Å². The SMILES string of the molecule is Cc1c2cccc1-c1cc(-c3ccccn3)ccc1Nc1ccccc1-2. The zero-order valence-corrected chi connectivity index (χ0v) is 14.5. The first-order chi connectivity index (χ1) is 12.8. The van der Waals surface area contributed by atoms with E-state index in [-0.39, 0.29) is 0 Å². The molecule has 1 N–H and O–H groups in total. The third kappa shape index (κ3) is 2.31. The predicted molar refractivity (Wildman–Crippen MR) is 109 cm³/mol. The summed E-state index contributed by atoms with van der Waals surface area (Å²) in [6.07, 6.45) is 1.84. The zero-order valence-electron chi connectivity index (χ0n) is 14.5. The van der Waals surface area contributed by atoms with Crippen LogP contribution in [-0.4, -0.2) is 4.98 Å². The molecule has 0 unspecified atom stereocenters. The van der Waals surface area contributed by atoms with Gasteiger partial charge in [0.05, 0.1) is 5.69 Å². The number of anilines is 2. The van der Waals surface area contributed by atoms with Crippen LogP contribution >= 0.6 is 0 Å². The van der Waals surface area contributed by atoms with Gasteiger partial charge in [0.1, 0.15) is 0 Å². The molecule has 1 aromatic heterocycles. The maximum absolute atomic E-state index is 4.51. The number of hydrogen-bond acceptors (Lipinski definition) is 2. The molecular weight excluding hydrogens is 316 g/mol. The quantitative estimate of drug-likeness (QED) is 0.381. The van der Waals surface area contributed by atoms with Gasteiger partial charge >= 0.3 is 0 Å². The zero-order chi connectivity index (χ0) is 17.5. The van der Waals surface area contributed by atoms with Gasteiger partial charge in [-0.25, -0.2) is 0 Å². The highest BCUT2D eigenvalue weighted by molar-refractivity contribution is 5.95. The summed E-state index contributed by atoms with van der Waals surface area (Å²) < 4.78 is 0.